The minimum absolute atomic E-state index is 0.0281. The Labute approximate surface area is 123 Å². The summed E-state index contributed by atoms with van der Waals surface area (Å²) in [5.74, 6) is 0.863. The Balaban J connectivity index is 1.91. The van der Waals surface area contributed by atoms with Gasteiger partial charge in [-0.3, -0.25) is 0 Å². The van der Waals surface area contributed by atoms with Gasteiger partial charge in [0.2, 0.25) is 0 Å². The van der Waals surface area contributed by atoms with E-state index in [1.54, 1.807) is 0 Å². The number of benzene rings is 1. The van der Waals surface area contributed by atoms with Gasteiger partial charge in [-0.1, -0.05) is 25.1 Å². The van der Waals surface area contributed by atoms with Crippen LogP contribution < -0.4 is 10.1 Å². The first-order valence-electron chi connectivity index (χ1n) is 7.54. The van der Waals surface area contributed by atoms with E-state index in [4.69, 9.17) is 4.74 Å². The molecule has 118 valence electrons. The summed E-state index contributed by atoms with van der Waals surface area (Å²) in [6, 6.07) is 7.78. The molecule has 1 aliphatic rings. The molecule has 2 atom stereocenters. The number of hydrogen-bond donors (Lipinski definition) is 1. The highest BCUT2D eigenvalue weighted by Crippen LogP contribution is 2.31. The molecule has 0 saturated carbocycles. The molecule has 0 saturated heterocycles. The van der Waals surface area contributed by atoms with Gasteiger partial charge in [-0.05, 0) is 37.4 Å². The van der Waals surface area contributed by atoms with Crippen LogP contribution in [0.5, 0.6) is 5.75 Å². The van der Waals surface area contributed by atoms with Crippen molar-refractivity contribution in [3.63, 3.8) is 0 Å². The Hall–Kier alpha value is -1.23. The first-order valence-corrected chi connectivity index (χ1v) is 7.54. The van der Waals surface area contributed by atoms with Gasteiger partial charge in [0.1, 0.15) is 11.9 Å². The minimum Gasteiger partial charge on any atom is -0.488 e. The van der Waals surface area contributed by atoms with Crippen molar-refractivity contribution in [3.05, 3.63) is 29.8 Å². The lowest BCUT2D eigenvalue weighted by Crippen LogP contribution is -2.43. The van der Waals surface area contributed by atoms with E-state index in [2.05, 4.69) is 5.32 Å². The van der Waals surface area contributed by atoms with Crippen molar-refractivity contribution < 1.29 is 17.9 Å². The molecule has 0 spiro atoms. The minimum atomic E-state index is -4.07. The summed E-state index contributed by atoms with van der Waals surface area (Å²) in [6.45, 7) is 2.84. The number of para-hydroxylation sites is 1. The van der Waals surface area contributed by atoms with Gasteiger partial charge < -0.3 is 10.1 Å². The van der Waals surface area contributed by atoms with E-state index in [0.29, 0.717) is 6.42 Å². The van der Waals surface area contributed by atoms with Gasteiger partial charge >= 0.3 is 6.18 Å². The highest BCUT2D eigenvalue weighted by atomic mass is 19.4. The van der Waals surface area contributed by atoms with Gasteiger partial charge in [-0.25, -0.2) is 0 Å². The normalized spacial score (nSPS) is 19.1. The number of fused-ring (bicyclic) bond motifs is 1. The summed E-state index contributed by atoms with van der Waals surface area (Å²) in [5, 5.41) is 3.34. The molecule has 0 bridgehead atoms. The van der Waals surface area contributed by atoms with E-state index in [1.165, 1.54) is 0 Å². The summed E-state index contributed by atoms with van der Waals surface area (Å²) in [6.07, 6.45) is -2.52. The fourth-order valence-corrected chi connectivity index (χ4v) is 2.70. The Kier molecular flexibility index (Phi) is 5.51. The molecular formula is C16H22F3NO. The second-order valence-electron chi connectivity index (χ2n) is 5.54. The predicted octanol–water partition coefficient (Wildman–Crippen LogP) is 4.09. The second-order valence-corrected chi connectivity index (χ2v) is 5.54. The third-order valence-corrected chi connectivity index (χ3v) is 3.75. The van der Waals surface area contributed by atoms with Crippen LogP contribution >= 0.6 is 0 Å². The molecule has 2 rings (SSSR count). The molecule has 1 aromatic carbocycles. The van der Waals surface area contributed by atoms with Gasteiger partial charge in [-0.15, -0.1) is 0 Å². The standard InChI is InChI=1S/C16H22F3NO/c1-2-10-20-13(7-5-9-16(17,18)19)15-11-12-6-3-4-8-14(12)21-15/h3-4,6,8,13,15,20H,2,5,7,9-11H2,1H3. The van der Waals surface area contributed by atoms with E-state index < -0.39 is 12.6 Å². The Morgan fingerprint density at radius 3 is 2.76 bits per heavy atom. The van der Waals surface area contributed by atoms with Gasteiger partial charge in [0.25, 0.3) is 0 Å². The van der Waals surface area contributed by atoms with Gasteiger partial charge in [0, 0.05) is 18.9 Å². The molecule has 2 unspecified atom stereocenters. The third-order valence-electron chi connectivity index (χ3n) is 3.75. The van der Waals surface area contributed by atoms with Crippen molar-refractivity contribution in [2.45, 2.75) is 57.3 Å². The summed E-state index contributed by atoms with van der Waals surface area (Å²) in [7, 11) is 0. The molecule has 2 nitrogen and oxygen atoms in total. The van der Waals surface area contributed by atoms with Gasteiger partial charge in [0.05, 0.1) is 0 Å². The zero-order valence-corrected chi connectivity index (χ0v) is 12.2. The maximum absolute atomic E-state index is 12.3. The van der Waals surface area contributed by atoms with E-state index in [0.717, 1.165) is 30.7 Å². The number of hydrogen-bond acceptors (Lipinski definition) is 2. The quantitative estimate of drug-likeness (QED) is 0.819. The maximum atomic E-state index is 12.3. The SMILES string of the molecule is CCCNC(CCCC(F)(F)F)C1Cc2ccccc2O1. The highest BCUT2D eigenvalue weighted by Gasteiger charge is 2.31. The fraction of sp³-hybridized carbons (Fsp3) is 0.625. The predicted molar refractivity (Wildman–Crippen MR) is 76.5 cm³/mol. The Morgan fingerprint density at radius 1 is 1.33 bits per heavy atom. The lowest BCUT2D eigenvalue weighted by atomic mass is 9.99. The average Bonchev–Trinajstić information content (AvgIpc) is 2.85. The number of halogens is 3. The molecule has 1 aliphatic heterocycles. The van der Waals surface area contributed by atoms with Crippen LogP contribution in [0, 0.1) is 0 Å². The third kappa shape index (κ3) is 4.92. The van der Waals surface area contributed by atoms with Crippen molar-refractivity contribution >= 4 is 0 Å². The maximum Gasteiger partial charge on any atom is 0.389 e. The molecule has 0 radical (unpaired) electrons. The van der Waals surface area contributed by atoms with Crippen molar-refractivity contribution in [2.75, 3.05) is 6.54 Å². The van der Waals surface area contributed by atoms with E-state index in [-0.39, 0.29) is 18.6 Å². The van der Waals surface area contributed by atoms with E-state index >= 15 is 0 Å². The molecular weight excluding hydrogens is 279 g/mol. The van der Waals surface area contributed by atoms with E-state index in [1.807, 2.05) is 31.2 Å². The lowest BCUT2D eigenvalue weighted by Gasteiger charge is -2.24. The second kappa shape index (κ2) is 7.16. The molecule has 0 aromatic heterocycles. The van der Waals surface area contributed by atoms with Crippen molar-refractivity contribution in [1.82, 2.24) is 5.32 Å². The first-order chi connectivity index (χ1) is 9.99. The van der Waals surface area contributed by atoms with Crippen LogP contribution in [0.15, 0.2) is 24.3 Å². The largest absolute Gasteiger partial charge is 0.488 e. The molecule has 1 heterocycles. The van der Waals surface area contributed by atoms with Crippen molar-refractivity contribution in [1.29, 1.82) is 0 Å². The smallest absolute Gasteiger partial charge is 0.389 e. The van der Waals surface area contributed by atoms with Crippen LogP contribution in [0.2, 0.25) is 0 Å². The number of rotatable bonds is 7. The van der Waals surface area contributed by atoms with E-state index in [9.17, 15) is 13.2 Å². The monoisotopic (exact) mass is 301 g/mol. The van der Waals surface area contributed by atoms with Crippen molar-refractivity contribution in [3.8, 4) is 5.75 Å². The van der Waals surface area contributed by atoms with Crippen LogP contribution in [-0.2, 0) is 6.42 Å². The molecule has 1 aromatic rings. The number of alkyl halides is 3. The van der Waals surface area contributed by atoms with Crippen LogP contribution in [0.25, 0.3) is 0 Å². The first kappa shape index (κ1) is 16.1. The summed E-state index contributed by atoms with van der Waals surface area (Å²) < 4.78 is 42.8. The molecule has 5 heteroatoms. The average molecular weight is 301 g/mol. The lowest BCUT2D eigenvalue weighted by molar-refractivity contribution is -0.136. The van der Waals surface area contributed by atoms with Crippen LogP contribution in [-0.4, -0.2) is 24.9 Å². The fourth-order valence-electron chi connectivity index (χ4n) is 2.70. The zero-order valence-electron chi connectivity index (χ0n) is 12.2. The summed E-state index contributed by atoms with van der Waals surface area (Å²) >= 11 is 0. The Morgan fingerprint density at radius 2 is 2.10 bits per heavy atom. The zero-order chi connectivity index (χ0) is 15.3. The molecule has 0 aliphatic carbocycles. The molecule has 21 heavy (non-hydrogen) atoms. The molecule has 1 N–H and O–H groups in total. The highest BCUT2D eigenvalue weighted by molar-refractivity contribution is 5.37. The number of ether oxygens (including phenoxy) is 1. The number of nitrogens with one attached hydrogen (secondary N) is 1. The van der Waals surface area contributed by atoms with Crippen LogP contribution in [0.3, 0.4) is 0 Å². The topological polar surface area (TPSA) is 21.3 Å². The van der Waals surface area contributed by atoms with Gasteiger partial charge in [-0.2, -0.15) is 13.2 Å². The Bertz CT molecular complexity index is 422. The van der Waals surface area contributed by atoms with Crippen LogP contribution in [0.4, 0.5) is 13.2 Å². The molecule has 0 fully saturated rings. The summed E-state index contributed by atoms with van der Waals surface area (Å²) in [5.41, 5.74) is 1.14. The van der Waals surface area contributed by atoms with Gasteiger partial charge in [0.15, 0.2) is 0 Å². The van der Waals surface area contributed by atoms with Crippen LogP contribution in [0.1, 0.15) is 38.2 Å². The van der Waals surface area contributed by atoms with Crippen molar-refractivity contribution in [2.24, 2.45) is 0 Å². The summed E-state index contributed by atoms with van der Waals surface area (Å²) in [4.78, 5) is 0. The molecule has 0 amide bonds.